The van der Waals surface area contributed by atoms with E-state index in [1.807, 2.05) is 0 Å². The first kappa shape index (κ1) is 70.9. The van der Waals surface area contributed by atoms with Gasteiger partial charge in [-0.1, -0.05) is 25.9 Å². The molecule has 0 aromatic heterocycles. The van der Waals surface area contributed by atoms with Gasteiger partial charge in [-0.3, -0.25) is 0 Å². The van der Waals surface area contributed by atoms with Crippen LogP contribution < -0.4 is 0 Å². The summed E-state index contributed by atoms with van der Waals surface area (Å²) in [6, 6.07) is -10.4. The lowest BCUT2D eigenvalue weighted by atomic mass is 9.84. The van der Waals surface area contributed by atoms with Crippen molar-refractivity contribution in [2.24, 2.45) is 10.6 Å². The van der Waals surface area contributed by atoms with Crippen LogP contribution in [0.15, 0.2) is 5.16 Å². The van der Waals surface area contributed by atoms with E-state index in [2.05, 4.69) is 9.58 Å². The van der Waals surface area contributed by atoms with E-state index in [-0.39, 0.29) is 0 Å². The highest BCUT2D eigenvalue weighted by molar-refractivity contribution is 6.73. The van der Waals surface area contributed by atoms with Gasteiger partial charge in [0, 0.05) is 31.1 Å². The lowest BCUT2D eigenvalue weighted by Crippen LogP contribution is -2.70. The van der Waals surface area contributed by atoms with E-state index in [4.69, 9.17) is 4.84 Å². The minimum absolute atomic E-state index is 0.397. The summed E-state index contributed by atoms with van der Waals surface area (Å²) in [5.41, 5.74) is -4.50. The van der Waals surface area contributed by atoms with E-state index in [0.717, 1.165) is 20.8 Å². The molecule has 0 radical (unpaired) electrons. The standard InChI is InChI=1S/C33H28F39NO2Si/c1-14(2,3)13-11-15(4,75-73-13)12-74-76(8-5-16(34,35)19(40,41)22(46,47)25(52,53)28(58,59)31(64,65)66,9-6-17(36,37)20(42,43)23(48,49)26(54,55)29(60,61)32(67,68)69)10-7-18(38,39)21(44,45)24(50,51)27(56,57)30(62,63)33(70,71)72/h5-12H2,1-4H3. The maximum Gasteiger partial charge on any atom is 0.460 e. The molecule has 1 atom stereocenters. The lowest BCUT2D eigenvalue weighted by Gasteiger charge is -2.43. The molecule has 0 aromatic rings. The predicted octanol–water partition coefficient (Wildman–Crippen LogP) is 16.9. The Kier molecular flexibility index (Phi) is 18.0. The van der Waals surface area contributed by atoms with Gasteiger partial charge in [-0.25, -0.2) is 0 Å². The third-order valence-corrected chi connectivity index (χ3v) is 15.4. The first-order chi connectivity index (χ1) is 32.4. The summed E-state index contributed by atoms with van der Waals surface area (Å²) in [5.74, 6) is -128. The van der Waals surface area contributed by atoms with E-state index in [1.165, 1.54) is 0 Å². The van der Waals surface area contributed by atoms with Crippen LogP contribution in [-0.2, 0) is 9.26 Å². The zero-order valence-corrected chi connectivity index (χ0v) is 37.7. The highest BCUT2D eigenvalue weighted by atomic mass is 28.4. The summed E-state index contributed by atoms with van der Waals surface area (Å²) in [4.78, 5) is 4.74. The average molecular weight is 1240 g/mol. The molecule has 76 heavy (non-hydrogen) atoms. The van der Waals surface area contributed by atoms with Crippen molar-refractivity contribution in [3.05, 3.63) is 0 Å². The van der Waals surface area contributed by atoms with E-state index < -0.39 is 183 Å². The molecule has 1 heterocycles. The maximum absolute atomic E-state index is 15.2. The Bertz CT molecular complexity index is 1870. The van der Waals surface area contributed by atoms with Crippen LogP contribution in [0.5, 0.6) is 0 Å². The van der Waals surface area contributed by atoms with Crippen molar-refractivity contribution in [3.63, 3.8) is 0 Å². The Labute approximate surface area is 396 Å². The van der Waals surface area contributed by atoms with Gasteiger partial charge in [-0.15, -0.1) is 0 Å². The van der Waals surface area contributed by atoms with Gasteiger partial charge in [0.1, 0.15) is 0 Å². The normalized spacial score (nSPS) is 19.3. The monoisotopic (exact) mass is 1240 g/mol. The Morgan fingerprint density at radius 2 is 0.579 bits per heavy atom. The van der Waals surface area contributed by atoms with Crippen molar-refractivity contribution in [2.45, 2.75) is 184 Å². The van der Waals surface area contributed by atoms with Crippen LogP contribution in [0.1, 0.15) is 53.4 Å². The summed E-state index contributed by atoms with van der Waals surface area (Å²) in [6.07, 6.45) is -38.0. The Morgan fingerprint density at radius 1 is 0.368 bits per heavy atom. The van der Waals surface area contributed by atoms with Gasteiger partial charge in [0.25, 0.3) is 0 Å². The van der Waals surface area contributed by atoms with Gasteiger partial charge in [-0.05, 0) is 25.1 Å². The third-order valence-electron chi connectivity index (χ3n) is 11.1. The summed E-state index contributed by atoms with van der Waals surface area (Å²) in [7, 11) is -7.41. The molecule has 0 saturated carbocycles. The van der Waals surface area contributed by atoms with Gasteiger partial charge in [0.15, 0.2) is 13.9 Å². The van der Waals surface area contributed by atoms with E-state index in [9.17, 15) is 145 Å². The second-order valence-corrected chi connectivity index (χ2v) is 22.1. The molecule has 1 rings (SSSR count). The second kappa shape index (κ2) is 19.3. The molecule has 0 fully saturated rings. The summed E-state index contributed by atoms with van der Waals surface area (Å²) >= 11 is 0. The number of rotatable bonds is 24. The number of nitrogens with zero attached hydrogens (tertiary/aromatic N) is 1. The molecule has 0 aromatic carbocycles. The molecular formula is C33H28F39NO2Si. The summed E-state index contributed by atoms with van der Waals surface area (Å²) < 4.78 is 548. The fourth-order valence-corrected chi connectivity index (χ4v) is 10.1. The molecule has 0 spiro atoms. The van der Waals surface area contributed by atoms with Crippen LogP contribution in [0.4, 0.5) is 171 Å². The Hall–Kier alpha value is -3.08. The van der Waals surface area contributed by atoms with Crippen molar-refractivity contribution < 1.29 is 180 Å². The number of hydrogen-bond acceptors (Lipinski definition) is 3. The smallest absolute Gasteiger partial charge is 0.413 e. The molecule has 1 aliphatic rings. The SMILES string of the molecule is CC1(CO[Si](CCC(F)(F)C(F)(F)C(F)(F)C(F)(F)C(F)(F)C(F)(F)F)(CCC(F)(F)C(F)(F)C(F)(F)C(F)(F)C(F)(F)C(F)(F)F)CCC(F)(F)C(F)(F)C(F)(F)C(F)(F)C(F)(F)C(F)(F)F)CC(C(C)(C)C)=NO1. The van der Waals surface area contributed by atoms with Crippen LogP contribution in [0.3, 0.4) is 0 Å². The van der Waals surface area contributed by atoms with Crippen molar-refractivity contribution >= 4 is 14.0 Å². The quantitative estimate of drug-likeness (QED) is 0.0712. The number of halogens is 39. The van der Waals surface area contributed by atoms with Crippen molar-refractivity contribution in [3.8, 4) is 0 Å². The highest BCUT2D eigenvalue weighted by Gasteiger charge is 2.93. The zero-order chi connectivity index (χ0) is 61.9. The molecule has 454 valence electrons. The predicted molar refractivity (Wildman–Crippen MR) is 173 cm³/mol. The third kappa shape index (κ3) is 11.1. The van der Waals surface area contributed by atoms with Gasteiger partial charge >= 0.3 is 107 Å². The molecular weight excluding hydrogens is 1210 g/mol. The zero-order valence-electron chi connectivity index (χ0n) is 36.7. The summed E-state index contributed by atoms with van der Waals surface area (Å²) in [6.45, 7) is 1.68. The molecule has 3 nitrogen and oxygen atoms in total. The van der Waals surface area contributed by atoms with Crippen LogP contribution >= 0.6 is 0 Å². The van der Waals surface area contributed by atoms with E-state index in [1.54, 1.807) is 0 Å². The molecule has 0 saturated heterocycles. The molecule has 43 heteroatoms. The fraction of sp³-hybridized carbons (Fsp3) is 0.970. The first-order valence-electron chi connectivity index (χ1n) is 19.2. The van der Waals surface area contributed by atoms with E-state index >= 15 is 26.3 Å². The maximum atomic E-state index is 15.2. The molecule has 0 aliphatic carbocycles. The lowest BCUT2D eigenvalue weighted by molar-refractivity contribution is -0.440. The molecule has 1 unspecified atom stereocenters. The summed E-state index contributed by atoms with van der Waals surface area (Å²) in [5, 5.41) is 3.28. The van der Waals surface area contributed by atoms with Crippen molar-refractivity contribution in [1.82, 2.24) is 0 Å². The average Bonchev–Trinajstić information content (AvgIpc) is 3.61. The molecule has 0 N–H and O–H groups in total. The van der Waals surface area contributed by atoms with Gasteiger partial charge in [0.2, 0.25) is 0 Å². The van der Waals surface area contributed by atoms with Gasteiger partial charge in [0.05, 0.1) is 12.3 Å². The first-order valence-corrected chi connectivity index (χ1v) is 21.7. The molecule has 1 aliphatic heterocycles. The Morgan fingerprint density at radius 3 is 0.763 bits per heavy atom. The number of alkyl halides is 39. The van der Waals surface area contributed by atoms with Crippen molar-refractivity contribution in [2.75, 3.05) is 6.61 Å². The Balaban J connectivity index is 4.50. The second-order valence-electron chi connectivity index (χ2n) is 18.0. The minimum Gasteiger partial charge on any atom is -0.413 e. The van der Waals surface area contributed by atoms with Crippen LogP contribution in [0.25, 0.3) is 0 Å². The number of oxime groups is 1. The van der Waals surface area contributed by atoms with Gasteiger partial charge in [-0.2, -0.15) is 171 Å². The van der Waals surface area contributed by atoms with E-state index in [0.29, 0.717) is 6.92 Å². The van der Waals surface area contributed by atoms with Crippen molar-refractivity contribution in [1.29, 1.82) is 0 Å². The molecule has 0 bridgehead atoms. The van der Waals surface area contributed by atoms with Crippen LogP contribution in [0, 0.1) is 5.41 Å². The minimum atomic E-state index is -8.92. The van der Waals surface area contributed by atoms with Crippen LogP contribution in [0.2, 0.25) is 18.1 Å². The number of hydrogen-bond donors (Lipinski definition) is 0. The topological polar surface area (TPSA) is 30.8 Å². The fourth-order valence-electron chi connectivity index (χ4n) is 5.99. The molecule has 0 amide bonds. The largest absolute Gasteiger partial charge is 0.460 e. The van der Waals surface area contributed by atoms with Gasteiger partial charge < -0.3 is 9.26 Å². The highest BCUT2D eigenvalue weighted by Crippen LogP contribution is 2.65. The van der Waals surface area contributed by atoms with Crippen LogP contribution in [-0.4, -0.2) is 134 Å².